The van der Waals surface area contributed by atoms with Gasteiger partial charge in [-0.05, 0) is 12.8 Å². The summed E-state index contributed by atoms with van der Waals surface area (Å²) in [6, 6.07) is 0.248. The van der Waals surface area contributed by atoms with Crippen LogP contribution in [-0.4, -0.2) is 46.4 Å². The molecule has 18 heavy (non-hydrogen) atoms. The van der Waals surface area contributed by atoms with Gasteiger partial charge in [-0.3, -0.25) is 0 Å². The number of aromatic nitrogens is 3. The largest absolute Gasteiger partial charge is 0.467 e. The van der Waals surface area contributed by atoms with Crippen LogP contribution in [0.2, 0.25) is 0 Å². The van der Waals surface area contributed by atoms with E-state index in [1.54, 1.807) is 7.05 Å². The van der Waals surface area contributed by atoms with Gasteiger partial charge in [0.05, 0.1) is 19.3 Å². The fourth-order valence-corrected chi connectivity index (χ4v) is 2.07. The first kappa shape index (κ1) is 12.8. The summed E-state index contributed by atoms with van der Waals surface area (Å²) in [6.45, 7) is 0. The highest BCUT2D eigenvalue weighted by atomic mass is 16.5. The highest BCUT2D eigenvalue weighted by molar-refractivity contribution is 5.36. The molecule has 0 saturated heterocycles. The Kier molecular flexibility index (Phi) is 4.14. The molecule has 100 valence electrons. The molecule has 1 saturated carbocycles. The number of nitrogens with one attached hydrogen (secondary N) is 2. The second-order valence-corrected chi connectivity index (χ2v) is 4.32. The number of anilines is 2. The van der Waals surface area contributed by atoms with Crippen LogP contribution < -0.4 is 15.4 Å². The average molecular weight is 253 g/mol. The Labute approximate surface area is 106 Å². The van der Waals surface area contributed by atoms with Gasteiger partial charge in [0, 0.05) is 7.05 Å². The molecule has 1 aromatic rings. The minimum absolute atomic E-state index is 0.00411. The number of aliphatic hydroxyl groups excluding tert-OH is 1. The van der Waals surface area contributed by atoms with E-state index in [9.17, 15) is 5.11 Å². The van der Waals surface area contributed by atoms with Crippen molar-refractivity contribution in [1.82, 2.24) is 15.0 Å². The first-order valence-corrected chi connectivity index (χ1v) is 6.15. The predicted molar refractivity (Wildman–Crippen MR) is 67.8 cm³/mol. The topological polar surface area (TPSA) is 92.2 Å². The summed E-state index contributed by atoms with van der Waals surface area (Å²) in [6.07, 6.45) is 3.57. The second-order valence-electron chi connectivity index (χ2n) is 4.32. The molecule has 1 fully saturated rings. The minimum atomic E-state index is -0.348. The lowest BCUT2D eigenvalue weighted by molar-refractivity contribution is 0.116. The molecule has 1 aliphatic rings. The van der Waals surface area contributed by atoms with Gasteiger partial charge in [0.15, 0.2) is 0 Å². The van der Waals surface area contributed by atoms with Crippen molar-refractivity contribution in [3.8, 4) is 6.01 Å². The summed E-state index contributed by atoms with van der Waals surface area (Å²) in [7, 11) is 3.24. The Morgan fingerprint density at radius 3 is 2.56 bits per heavy atom. The molecule has 1 aromatic heterocycles. The van der Waals surface area contributed by atoms with E-state index in [0.717, 1.165) is 25.7 Å². The lowest BCUT2D eigenvalue weighted by Gasteiger charge is -2.28. The van der Waals surface area contributed by atoms with Crippen LogP contribution >= 0.6 is 0 Å². The van der Waals surface area contributed by atoms with Gasteiger partial charge in [-0.2, -0.15) is 15.0 Å². The SMILES string of the molecule is CNc1nc(NC2CCCCC2O)nc(OC)n1. The van der Waals surface area contributed by atoms with Crippen molar-refractivity contribution in [2.75, 3.05) is 24.8 Å². The van der Waals surface area contributed by atoms with Crippen LogP contribution in [0, 0.1) is 0 Å². The highest BCUT2D eigenvalue weighted by Gasteiger charge is 2.23. The van der Waals surface area contributed by atoms with Crippen molar-refractivity contribution in [1.29, 1.82) is 0 Å². The van der Waals surface area contributed by atoms with Crippen LogP contribution in [0.15, 0.2) is 0 Å². The molecule has 1 aliphatic carbocycles. The maximum absolute atomic E-state index is 9.90. The first-order chi connectivity index (χ1) is 8.72. The van der Waals surface area contributed by atoms with Crippen LogP contribution in [0.4, 0.5) is 11.9 Å². The third kappa shape index (κ3) is 2.98. The van der Waals surface area contributed by atoms with Gasteiger partial charge in [0.25, 0.3) is 0 Å². The van der Waals surface area contributed by atoms with Crippen molar-refractivity contribution in [2.45, 2.75) is 37.8 Å². The van der Waals surface area contributed by atoms with Crippen molar-refractivity contribution in [3.05, 3.63) is 0 Å². The van der Waals surface area contributed by atoms with E-state index in [2.05, 4.69) is 25.6 Å². The zero-order valence-corrected chi connectivity index (χ0v) is 10.7. The summed E-state index contributed by atoms with van der Waals surface area (Å²) >= 11 is 0. The van der Waals surface area contributed by atoms with E-state index in [1.807, 2.05) is 0 Å². The summed E-state index contributed by atoms with van der Waals surface area (Å²) in [4.78, 5) is 12.3. The van der Waals surface area contributed by atoms with Crippen LogP contribution in [0.5, 0.6) is 6.01 Å². The summed E-state index contributed by atoms with van der Waals surface area (Å²) in [5.41, 5.74) is 0. The summed E-state index contributed by atoms with van der Waals surface area (Å²) in [5.74, 6) is 0.867. The molecule has 0 bridgehead atoms. The van der Waals surface area contributed by atoms with E-state index >= 15 is 0 Å². The normalized spacial score (nSPS) is 23.5. The molecule has 7 nitrogen and oxygen atoms in total. The maximum Gasteiger partial charge on any atom is 0.322 e. The van der Waals surface area contributed by atoms with Crippen molar-refractivity contribution in [2.24, 2.45) is 0 Å². The second kappa shape index (κ2) is 5.81. The van der Waals surface area contributed by atoms with E-state index in [4.69, 9.17) is 4.74 Å². The van der Waals surface area contributed by atoms with Gasteiger partial charge in [-0.15, -0.1) is 0 Å². The summed E-state index contributed by atoms with van der Waals surface area (Å²) in [5, 5.41) is 15.9. The molecule has 0 amide bonds. The lowest BCUT2D eigenvalue weighted by atomic mass is 9.93. The number of hydrogen-bond acceptors (Lipinski definition) is 7. The third-order valence-corrected chi connectivity index (χ3v) is 3.07. The number of methoxy groups -OCH3 is 1. The zero-order chi connectivity index (χ0) is 13.0. The Morgan fingerprint density at radius 1 is 1.17 bits per heavy atom. The first-order valence-electron chi connectivity index (χ1n) is 6.15. The standard InChI is InChI=1S/C11H19N5O2/c1-12-9-14-10(16-11(15-9)18-2)13-7-5-3-4-6-8(7)17/h7-8,17H,3-6H2,1-2H3,(H2,12,13,14,15,16). The molecule has 2 atom stereocenters. The minimum Gasteiger partial charge on any atom is -0.467 e. The number of hydrogen-bond donors (Lipinski definition) is 3. The van der Waals surface area contributed by atoms with E-state index in [0.29, 0.717) is 11.9 Å². The Balaban J connectivity index is 2.12. The number of ether oxygens (including phenoxy) is 1. The molecular formula is C11H19N5O2. The fourth-order valence-electron chi connectivity index (χ4n) is 2.07. The molecule has 3 N–H and O–H groups in total. The van der Waals surface area contributed by atoms with Gasteiger partial charge in [0.2, 0.25) is 11.9 Å². The van der Waals surface area contributed by atoms with Crippen LogP contribution in [0.1, 0.15) is 25.7 Å². The van der Waals surface area contributed by atoms with Crippen LogP contribution in [0.25, 0.3) is 0 Å². The van der Waals surface area contributed by atoms with E-state index in [1.165, 1.54) is 7.11 Å². The van der Waals surface area contributed by atoms with Crippen molar-refractivity contribution < 1.29 is 9.84 Å². The fraction of sp³-hybridized carbons (Fsp3) is 0.727. The van der Waals surface area contributed by atoms with Crippen LogP contribution in [0.3, 0.4) is 0 Å². The average Bonchev–Trinajstić information content (AvgIpc) is 2.41. The molecule has 2 rings (SSSR count). The number of aliphatic hydroxyl groups is 1. The Morgan fingerprint density at radius 2 is 1.89 bits per heavy atom. The van der Waals surface area contributed by atoms with E-state index < -0.39 is 0 Å². The lowest BCUT2D eigenvalue weighted by Crippen LogP contribution is -2.37. The molecule has 1 heterocycles. The molecule has 7 heteroatoms. The molecule has 0 radical (unpaired) electrons. The molecule has 0 aromatic carbocycles. The Bertz CT molecular complexity index is 379. The summed E-state index contributed by atoms with van der Waals surface area (Å²) < 4.78 is 5.01. The van der Waals surface area contributed by atoms with Crippen molar-refractivity contribution in [3.63, 3.8) is 0 Å². The van der Waals surface area contributed by atoms with Gasteiger partial charge < -0.3 is 20.5 Å². The highest BCUT2D eigenvalue weighted by Crippen LogP contribution is 2.21. The van der Waals surface area contributed by atoms with Gasteiger partial charge in [-0.25, -0.2) is 0 Å². The van der Waals surface area contributed by atoms with Gasteiger partial charge in [0.1, 0.15) is 0 Å². The Hall–Kier alpha value is -1.63. The third-order valence-electron chi connectivity index (χ3n) is 3.07. The maximum atomic E-state index is 9.90. The predicted octanol–water partition coefficient (Wildman–Crippen LogP) is 0.637. The number of rotatable bonds is 4. The monoisotopic (exact) mass is 253 g/mol. The van der Waals surface area contributed by atoms with E-state index in [-0.39, 0.29) is 18.2 Å². The zero-order valence-electron chi connectivity index (χ0n) is 10.7. The van der Waals surface area contributed by atoms with Gasteiger partial charge in [-0.1, -0.05) is 12.8 Å². The smallest absolute Gasteiger partial charge is 0.322 e. The molecule has 0 aliphatic heterocycles. The van der Waals surface area contributed by atoms with Crippen molar-refractivity contribution >= 4 is 11.9 Å². The molecular weight excluding hydrogens is 234 g/mol. The van der Waals surface area contributed by atoms with Gasteiger partial charge >= 0.3 is 6.01 Å². The quantitative estimate of drug-likeness (QED) is 0.725. The molecule has 2 unspecified atom stereocenters. The number of nitrogens with zero attached hydrogens (tertiary/aromatic N) is 3. The van der Waals surface area contributed by atoms with Crippen LogP contribution in [-0.2, 0) is 0 Å². The molecule has 0 spiro atoms.